The minimum atomic E-state index is -0.0431. The summed E-state index contributed by atoms with van der Waals surface area (Å²) in [7, 11) is 0. The number of nitrogens with one attached hydrogen (secondary N) is 1. The van der Waals surface area contributed by atoms with Crippen molar-refractivity contribution in [2.75, 3.05) is 6.54 Å². The van der Waals surface area contributed by atoms with Gasteiger partial charge in [-0.25, -0.2) is 4.98 Å². The van der Waals surface area contributed by atoms with Gasteiger partial charge in [0, 0.05) is 24.5 Å². The highest BCUT2D eigenvalue weighted by molar-refractivity contribution is 14.0. The molecular weight excluding hydrogens is 329 g/mol. The monoisotopic (exact) mass is 351 g/mol. The second-order valence-electron chi connectivity index (χ2n) is 4.81. The predicted molar refractivity (Wildman–Crippen MR) is 81.8 cm³/mol. The molecule has 1 rings (SSSR count). The second kappa shape index (κ2) is 6.83. The first kappa shape index (κ1) is 16.2. The van der Waals surface area contributed by atoms with Gasteiger partial charge in [-0.1, -0.05) is 0 Å². The van der Waals surface area contributed by atoms with E-state index in [1.54, 1.807) is 6.20 Å². The van der Waals surface area contributed by atoms with Gasteiger partial charge in [0.2, 0.25) is 0 Å². The summed E-state index contributed by atoms with van der Waals surface area (Å²) in [6.45, 7) is 9.59. The first-order valence-electron chi connectivity index (χ1n) is 5.44. The number of aromatic nitrogens is 2. The molecule has 0 spiro atoms. The number of rotatable bonds is 3. The summed E-state index contributed by atoms with van der Waals surface area (Å²) in [6, 6.07) is 0. The molecule has 1 heterocycles. The summed E-state index contributed by atoms with van der Waals surface area (Å²) >= 11 is 0. The molecule has 0 unspecified atom stereocenters. The van der Waals surface area contributed by atoms with Crippen molar-refractivity contribution in [3.05, 3.63) is 18.2 Å². The normalized spacial score (nSPS) is 12.1. The number of hydrogen-bond acceptors (Lipinski definition) is 2. The van der Waals surface area contributed by atoms with E-state index in [1.807, 2.05) is 17.7 Å². The molecule has 0 saturated heterocycles. The Labute approximate surface area is 120 Å². The van der Waals surface area contributed by atoms with Crippen LogP contribution in [0, 0.1) is 6.92 Å². The molecule has 0 saturated carbocycles. The molecule has 0 aliphatic heterocycles. The third kappa shape index (κ3) is 6.50. The molecule has 0 aliphatic carbocycles. The lowest BCUT2D eigenvalue weighted by atomic mass is 10.1. The number of imidazole rings is 1. The highest BCUT2D eigenvalue weighted by Gasteiger charge is 2.09. The zero-order valence-corrected chi connectivity index (χ0v) is 13.2. The molecule has 0 atom stereocenters. The number of guanidine groups is 1. The molecule has 0 aliphatic rings. The van der Waals surface area contributed by atoms with Crippen LogP contribution in [0.1, 0.15) is 26.6 Å². The van der Waals surface area contributed by atoms with Gasteiger partial charge in [-0.3, -0.25) is 4.99 Å². The lowest BCUT2D eigenvalue weighted by Gasteiger charge is -2.21. The van der Waals surface area contributed by atoms with Crippen LogP contribution in [0.25, 0.3) is 0 Å². The van der Waals surface area contributed by atoms with Gasteiger partial charge < -0.3 is 15.6 Å². The zero-order valence-electron chi connectivity index (χ0n) is 10.9. The van der Waals surface area contributed by atoms with Crippen LogP contribution in [0.5, 0.6) is 0 Å². The molecule has 98 valence electrons. The number of halogens is 1. The highest BCUT2D eigenvalue weighted by Crippen LogP contribution is 1.97. The van der Waals surface area contributed by atoms with Crippen molar-refractivity contribution in [2.45, 2.75) is 39.8 Å². The quantitative estimate of drug-likeness (QED) is 0.493. The van der Waals surface area contributed by atoms with Gasteiger partial charge in [0.15, 0.2) is 5.96 Å². The van der Waals surface area contributed by atoms with Crippen LogP contribution in [-0.4, -0.2) is 27.6 Å². The van der Waals surface area contributed by atoms with Gasteiger partial charge in [-0.15, -0.1) is 24.0 Å². The van der Waals surface area contributed by atoms with Crippen molar-refractivity contribution in [2.24, 2.45) is 10.7 Å². The summed E-state index contributed by atoms with van der Waals surface area (Å²) in [5.74, 6) is 1.49. The van der Waals surface area contributed by atoms with Gasteiger partial charge in [-0.2, -0.15) is 0 Å². The molecule has 0 bridgehead atoms. The Hall–Kier alpha value is -0.790. The highest BCUT2D eigenvalue weighted by atomic mass is 127. The van der Waals surface area contributed by atoms with Gasteiger partial charge in [0.1, 0.15) is 5.82 Å². The fraction of sp³-hybridized carbons (Fsp3) is 0.636. The van der Waals surface area contributed by atoms with E-state index >= 15 is 0 Å². The largest absolute Gasteiger partial charge is 0.370 e. The smallest absolute Gasteiger partial charge is 0.189 e. The average molecular weight is 351 g/mol. The number of aliphatic imine (C=N–C) groups is 1. The number of hydrogen-bond donors (Lipinski definition) is 2. The zero-order chi connectivity index (χ0) is 12.2. The van der Waals surface area contributed by atoms with E-state index in [-0.39, 0.29) is 29.5 Å². The van der Waals surface area contributed by atoms with Gasteiger partial charge in [0.05, 0.1) is 6.54 Å². The third-order valence-corrected chi connectivity index (χ3v) is 2.05. The van der Waals surface area contributed by atoms with Crippen LogP contribution < -0.4 is 11.1 Å². The summed E-state index contributed by atoms with van der Waals surface area (Å²) in [5.41, 5.74) is 5.71. The molecule has 0 fully saturated rings. The van der Waals surface area contributed by atoms with Gasteiger partial charge >= 0.3 is 0 Å². The minimum absolute atomic E-state index is 0. The van der Waals surface area contributed by atoms with E-state index in [9.17, 15) is 0 Å². The van der Waals surface area contributed by atoms with Gasteiger partial charge in [0.25, 0.3) is 0 Å². The van der Waals surface area contributed by atoms with E-state index < -0.39 is 0 Å². The summed E-state index contributed by atoms with van der Waals surface area (Å²) < 4.78 is 2.05. The maximum atomic E-state index is 5.75. The van der Waals surface area contributed by atoms with Crippen LogP contribution in [0.4, 0.5) is 0 Å². The Bertz CT molecular complexity index is 364. The van der Waals surface area contributed by atoms with Crippen LogP contribution in [0.3, 0.4) is 0 Å². The third-order valence-electron chi connectivity index (χ3n) is 2.05. The molecule has 6 heteroatoms. The average Bonchev–Trinajstić information content (AvgIpc) is 2.48. The maximum absolute atomic E-state index is 5.75. The lowest BCUT2D eigenvalue weighted by molar-refractivity contribution is 0.507. The van der Waals surface area contributed by atoms with E-state index in [0.29, 0.717) is 12.5 Å². The molecular formula is C11H22IN5. The van der Waals surface area contributed by atoms with Crippen molar-refractivity contribution in [1.29, 1.82) is 0 Å². The minimum Gasteiger partial charge on any atom is -0.370 e. The van der Waals surface area contributed by atoms with E-state index in [2.05, 4.69) is 36.1 Å². The molecule has 1 aromatic heterocycles. The summed E-state index contributed by atoms with van der Waals surface area (Å²) in [5, 5.41) is 3.12. The molecule has 0 amide bonds. The number of nitrogens with zero attached hydrogens (tertiary/aromatic N) is 3. The molecule has 0 aromatic carbocycles. The van der Waals surface area contributed by atoms with Crippen molar-refractivity contribution in [3.63, 3.8) is 0 Å². The van der Waals surface area contributed by atoms with Crippen molar-refractivity contribution in [3.8, 4) is 0 Å². The second-order valence-corrected chi connectivity index (χ2v) is 4.81. The van der Waals surface area contributed by atoms with Gasteiger partial charge in [-0.05, 0) is 27.7 Å². The number of nitrogens with two attached hydrogens (primary N) is 1. The molecule has 17 heavy (non-hydrogen) atoms. The molecule has 3 N–H and O–H groups in total. The van der Waals surface area contributed by atoms with Crippen LogP contribution in [-0.2, 0) is 6.54 Å². The Morgan fingerprint density at radius 3 is 2.65 bits per heavy atom. The van der Waals surface area contributed by atoms with E-state index in [0.717, 1.165) is 12.4 Å². The number of aryl methyl sites for hydroxylation is 1. The SMILES string of the molecule is Cc1nccn1CCN=C(N)NC(C)(C)C.I. The van der Waals surface area contributed by atoms with Crippen molar-refractivity contribution in [1.82, 2.24) is 14.9 Å². The molecule has 5 nitrogen and oxygen atoms in total. The van der Waals surface area contributed by atoms with Crippen molar-refractivity contribution < 1.29 is 0 Å². The Balaban J connectivity index is 0.00000256. The summed E-state index contributed by atoms with van der Waals surface area (Å²) in [4.78, 5) is 8.40. The Morgan fingerprint density at radius 1 is 1.53 bits per heavy atom. The Kier molecular flexibility index (Phi) is 6.51. The topological polar surface area (TPSA) is 68.2 Å². The fourth-order valence-electron chi connectivity index (χ4n) is 1.34. The van der Waals surface area contributed by atoms with Crippen LogP contribution in [0.2, 0.25) is 0 Å². The summed E-state index contributed by atoms with van der Waals surface area (Å²) in [6.07, 6.45) is 3.73. The lowest BCUT2D eigenvalue weighted by Crippen LogP contribution is -2.45. The molecule has 1 aromatic rings. The van der Waals surface area contributed by atoms with Crippen molar-refractivity contribution >= 4 is 29.9 Å². The van der Waals surface area contributed by atoms with Crippen LogP contribution in [0.15, 0.2) is 17.4 Å². The predicted octanol–water partition coefficient (Wildman–Crippen LogP) is 1.51. The standard InChI is InChI=1S/C11H21N5.HI/c1-9-13-5-7-16(9)8-6-14-10(12)15-11(2,3)4;/h5,7H,6,8H2,1-4H3,(H3,12,14,15);1H. The Morgan fingerprint density at radius 2 is 2.18 bits per heavy atom. The van der Waals surface area contributed by atoms with Crippen LogP contribution >= 0.6 is 24.0 Å². The first-order chi connectivity index (χ1) is 7.38. The first-order valence-corrected chi connectivity index (χ1v) is 5.44. The van der Waals surface area contributed by atoms with E-state index in [4.69, 9.17) is 5.73 Å². The maximum Gasteiger partial charge on any atom is 0.189 e. The fourth-order valence-corrected chi connectivity index (χ4v) is 1.34. The molecule has 0 radical (unpaired) electrons. The van der Waals surface area contributed by atoms with E-state index in [1.165, 1.54) is 0 Å².